The molecule has 1 amide bonds. The summed E-state index contributed by atoms with van der Waals surface area (Å²) in [5, 5.41) is 14.6. The number of amides is 1. The number of benzene rings is 1. The Morgan fingerprint density at radius 2 is 1.46 bits per heavy atom. The maximum absolute atomic E-state index is 13.7. The molecular formula is C22H29F2N3O. The van der Waals surface area contributed by atoms with E-state index in [4.69, 9.17) is 0 Å². The van der Waals surface area contributed by atoms with Gasteiger partial charge in [0.15, 0.2) is 0 Å². The highest BCUT2D eigenvalue weighted by Gasteiger charge is 2.16. The Balaban J connectivity index is 1.97. The number of nitrogens with zero attached hydrogens (tertiary/aromatic N) is 1. The molecule has 0 heterocycles. The number of nitriles is 1. The van der Waals surface area contributed by atoms with E-state index >= 15 is 0 Å². The van der Waals surface area contributed by atoms with Gasteiger partial charge in [-0.2, -0.15) is 5.26 Å². The minimum absolute atomic E-state index is 0.0221. The second-order valence-corrected chi connectivity index (χ2v) is 7.34. The Bertz CT molecular complexity index is 680. The minimum Gasteiger partial charge on any atom is -0.355 e. The van der Waals surface area contributed by atoms with Crippen LogP contribution in [0.25, 0.3) is 0 Å². The van der Waals surface area contributed by atoms with Crippen LogP contribution in [0.4, 0.5) is 14.5 Å². The van der Waals surface area contributed by atoms with E-state index in [2.05, 4.69) is 10.6 Å². The number of hydrogen-bond donors (Lipinski definition) is 2. The average molecular weight is 389 g/mol. The van der Waals surface area contributed by atoms with Crippen molar-refractivity contribution in [3.63, 3.8) is 0 Å². The highest BCUT2D eigenvalue weighted by atomic mass is 19.1. The molecule has 1 aromatic rings. The number of carbonyl (C=O) groups excluding carboxylic acids is 1. The first kappa shape index (κ1) is 21.9. The molecule has 0 aromatic heterocycles. The molecule has 0 aliphatic heterocycles. The second-order valence-electron chi connectivity index (χ2n) is 7.34. The van der Waals surface area contributed by atoms with Crippen molar-refractivity contribution < 1.29 is 13.6 Å². The monoisotopic (exact) mass is 389 g/mol. The van der Waals surface area contributed by atoms with E-state index in [1.165, 1.54) is 38.2 Å². The Morgan fingerprint density at radius 3 is 1.96 bits per heavy atom. The lowest BCUT2D eigenvalue weighted by Crippen LogP contribution is -2.35. The van der Waals surface area contributed by atoms with E-state index in [-0.39, 0.29) is 17.3 Å². The van der Waals surface area contributed by atoms with Gasteiger partial charge in [-0.3, -0.25) is 4.79 Å². The minimum atomic E-state index is -0.784. The molecule has 0 unspecified atom stereocenters. The molecule has 6 heteroatoms. The first-order chi connectivity index (χ1) is 13.6. The third-order valence-electron chi connectivity index (χ3n) is 5.13. The molecule has 4 nitrogen and oxygen atoms in total. The van der Waals surface area contributed by atoms with Crippen LogP contribution >= 0.6 is 0 Å². The van der Waals surface area contributed by atoms with Crippen LogP contribution in [0.5, 0.6) is 0 Å². The Morgan fingerprint density at radius 1 is 0.964 bits per heavy atom. The van der Waals surface area contributed by atoms with Crippen LogP contribution in [0.15, 0.2) is 30.0 Å². The van der Waals surface area contributed by atoms with Crippen LogP contribution in [0.3, 0.4) is 0 Å². The van der Waals surface area contributed by atoms with Gasteiger partial charge in [0.25, 0.3) is 5.91 Å². The van der Waals surface area contributed by atoms with Crippen LogP contribution in [0.1, 0.15) is 70.6 Å². The Kier molecular flexibility index (Phi) is 9.47. The van der Waals surface area contributed by atoms with E-state index in [1.807, 2.05) is 6.07 Å². The van der Waals surface area contributed by atoms with Gasteiger partial charge in [0.1, 0.15) is 29.0 Å². The lowest BCUT2D eigenvalue weighted by molar-refractivity contribution is -0.117. The van der Waals surface area contributed by atoms with Crippen molar-refractivity contribution in [2.24, 2.45) is 0 Å². The number of nitrogens with one attached hydrogen (secondary N) is 2. The zero-order valence-corrected chi connectivity index (χ0v) is 16.3. The van der Waals surface area contributed by atoms with Gasteiger partial charge in [0.05, 0.1) is 0 Å². The molecular weight excluding hydrogens is 360 g/mol. The third-order valence-corrected chi connectivity index (χ3v) is 5.13. The van der Waals surface area contributed by atoms with Crippen LogP contribution in [-0.2, 0) is 4.79 Å². The van der Waals surface area contributed by atoms with Crippen LogP contribution in [0, 0.1) is 23.0 Å². The average Bonchev–Trinajstić information content (AvgIpc) is 2.66. The fourth-order valence-corrected chi connectivity index (χ4v) is 3.50. The van der Waals surface area contributed by atoms with Gasteiger partial charge >= 0.3 is 0 Å². The third kappa shape index (κ3) is 7.30. The normalized spacial score (nSPS) is 17.7. The van der Waals surface area contributed by atoms with E-state index in [1.54, 1.807) is 0 Å². The van der Waals surface area contributed by atoms with Gasteiger partial charge in [-0.25, -0.2) is 8.78 Å². The SMILES string of the molecule is N#C/C(=C/Nc1c(F)cccc1F)C(=O)NC1CCCCCCCCCCC1. The molecule has 1 aliphatic rings. The predicted octanol–water partition coefficient (Wildman–Crippen LogP) is 5.57. The number of rotatable bonds is 4. The smallest absolute Gasteiger partial charge is 0.263 e. The van der Waals surface area contributed by atoms with Crippen molar-refractivity contribution in [1.82, 2.24) is 5.32 Å². The van der Waals surface area contributed by atoms with Gasteiger partial charge in [0.2, 0.25) is 0 Å². The van der Waals surface area contributed by atoms with Gasteiger partial charge in [-0.05, 0) is 25.0 Å². The maximum atomic E-state index is 13.7. The maximum Gasteiger partial charge on any atom is 0.263 e. The number of anilines is 1. The summed E-state index contributed by atoms with van der Waals surface area (Å²) in [5.41, 5.74) is -0.581. The Labute approximate surface area is 166 Å². The number of para-hydroxylation sites is 1. The van der Waals surface area contributed by atoms with Crippen LogP contribution in [-0.4, -0.2) is 11.9 Å². The zero-order valence-electron chi connectivity index (χ0n) is 16.3. The van der Waals surface area contributed by atoms with Crippen molar-refractivity contribution in [3.05, 3.63) is 41.6 Å². The van der Waals surface area contributed by atoms with Crippen molar-refractivity contribution in [2.75, 3.05) is 5.32 Å². The van der Waals surface area contributed by atoms with Crippen LogP contribution < -0.4 is 10.6 Å². The van der Waals surface area contributed by atoms with Crippen molar-refractivity contribution >= 4 is 11.6 Å². The lowest BCUT2D eigenvalue weighted by atomic mass is 9.98. The predicted molar refractivity (Wildman–Crippen MR) is 106 cm³/mol. The first-order valence-corrected chi connectivity index (χ1v) is 10.2. The fourth-order valence-electron chi connectivity index (χ4n) is 3.50. The first-order valence-electron chi connectivity index (χ1n) is 10.2. The molecule has 0 radical (unpaired) electrons. The molecule has 1 aliphatic carbocycles. The van der Waals surface area contributed by atoms with E-state index in [0.29, 0.717) is 0 Å². The zero-order chi connectivity index (χ0) is 20.2. The molecule has 1 fully saturated rings. The fraction of sp³-hybridized carbons (Fsp3) is 0.545. The lowest BCUT2D eigenvalue weighted by Gasteiger charge is -2.19. The number of hydrogen-bond acceptors (Lipinski definition) is 3. The van der Waals surface area contributed by atoms with E-state index in [0.717, 1.165) is 56.9 Å². The van der Waals surface area contributed by atoms with Gasteiger partial charge in [0, 0.05) is 12.2 Å². The van der Waals surface area contributed by atoms with E-state index < -0.39 is 17.5 Å². The largest absolute Gasteiger partial charge is 0.355 e. The summed E-state index contributed by atoms with van der Waals surface area (Å²) in [6, 6.07) is 5.30. The summed E-state index contributed by atoms with van der Waals surface area (Å²) in [6.07, 6.45) is 13.6. The quantitative estimate of drug-likeness (QED) is 0.522. The highest BCUT2D eigenvalue weighted by Crippen LogP contribution is 2.19. The summed E-state index contributed by atoms with van der Waals surface area (Å²) >= 11 is 0. The molecule has 0 bridgehead atoms. The number of carbonyl (C=O) groups is 1. The Hall–Kier alpha value is -2.42. The molecule has 0 atom stereocenters. The molecule has 1 saturated carbocycles. The number of halogens is 2. The highest BCUT2D eigenvalue weighted by molar-refractivity contribution is 5.97. The summed E-state index contributed by atoms with van der Waals surface area (Å²) in [5.74, 6) is -2.08. The summed E-state index contributed by atoms with van der Waals surface area (Å²) in [6.45, 7) is 0. The second kappa shape index (κ2) is 12.1. The summed E-state index contributed by atoms with van der Waals surface area (Å²) < 4.78 is 27.4. The van der Waals surface area contributed by atoms with Crippen molar-refractivity contribution in [1.29, 1.82) is 5.26 Å². The molecule has 2 rings (SSSR count). The van der Waals surface area contributed by atoms with Crippen LogP contribution in [0.2, 0.25) is 0 Å². The molecule has 2 N–H and O–H groups in total. The van der Waals surface area contributed by atoms with Gasteiger partial charge < -0.3 is 10.6 Å². The topological polar surface area (TPSA) is 64.9 Å². The van der Waals surface area contributed by atoms with Gasteiger partial charge in [-0.1, -0.05) is 63.9 Å². The van der Waals surface area contributed by atoms with Crippen molar-refractivity contribution in [2.45, 2.75) is 76.7 Å². The molecule has 1 aromatic carbocycles. The van der Waals surface area contributed by atoms with Gasteiger partial charge in [-0.15, -0.1) is 0 Å². The molecule has 152 valence electrons. The molecule has 0 saturated heterocycles. The summed E-state index contributed by atoms with van der Waals surface area (Å²) in [7, 11) is 0. The van der Waals surface area contributed by atoms with Crippen molar-refractivity contribution in [3.8, 4) is 6.07 Å². The molecule has 28 heavy (non-hydrogen) atoms. The summed E-state index contributed by atoms with van der Waals surface area (Å²) in [4.78, 5) is 12.5. The standard InChI is InChI=1S/C22H29F2N3O/c23-19-13-10-14-20(24)21(19)26-16-17(15-25)22(28)27-18-11-8-6-4-2-1-3-5-7-9-12-18/h10,13-14,16,18,26H,1-9,11-12H2,(H,27,28)/b17-16-. The van der Waals surface area contributed by atoms with E-state index in [9.17, 15) is 18.8 Å². The molecule has 0 spiro atoms.